The fourth-order valence-corrected chi connectivity index (χ4v) is 12.1. The summed E-state index contributed by atoms with van der Waals surface area (Å²) in [6.45, 7) is 21.1. The molecule has 8 atom stereocenters. The van der Waals surface area contributed by atoms with Gasteiger partial charge in [0.25, 0.3) is 0 Å². The predicted octanol–water partition coefficient (Wildman–Crippen LogP) is 8.54. The van der Waals surface area contributed by atoms with Gasteiger partial charge in [0.2, 0.25) is 0 Å². The molecular formula is C37H61NO3Si. The third kappa shape index (κ3) is 4.82. The SMILES string of the molecule is CC(C)(C)[Si](C)(C)O[C@H]1CC[C@@]2(C)[C@H](CC[C@@H]3[C@@H]2CC[C@]2(C)[C@@](OCCN4CCCC4)(c4ccccc4)CC[C@]32O)C1. The van der Waals surface area contributed by atoms with Gasteiger partial charge in [0.05, 0.1) is 12.2 Å². The Hall–Kier alpha value is -0.723. The summed E-state index contributed by atoms with van der Waals surface area (Å²) in [5.74, 6) is 1.68. The van der Waals surface area contributed by atoms with Crippen LogP contribution in [0, 0.1) is 28.6 Å². The molecule has 5 heteroatoms. The number of nitrogens with zero attached hydrogens (tertiary/aromatic N) is 1. The van der Waals surface area contributed by atoms with Crippen molar-refractivity contribution in [1.29, 1.82) is 0 Å². The number of ether oxygens (including phenoxy) is 1. The van der Waals surface area contributed by atoms with Crippen molar-refractivity contribution in [3.05, 3.63) is 35.9 Å². The summed E-state index contributed by atoms with van der Waals surface area (Å²) >= 11 is 0. The van der Waals surface area contributed by atoms with Crippen LogP contribution in [0.4, 0.5) is 0 Å². The molecule has 5 aliphatic rings. The molecule has 0 bridgehead atoms. The molecule has 0 aromatic heterocycles. The van der Waals surface area contributed by atoms with E-state index in [-0.39, 0.29) is 10.5 Å². The van der Waals surface area contributed by atoms with E-state index in [2.05, 4.69) is 82.9 Å². The van der Waals surface area contributed by atoms with Crippen LogP contribution < -0.4 is 0 Å². The molecule has 4 aliphatic carbocycles. The lowest BCUT2D eigenvalue weighted by atomic mass is 9.42. The lowest BCUT2D eigenvalue weighted by molar-refractivity contribution is -0.249. The summed E-state index contributed by atoms with van der Waals surface area (Å²) in [6.07, 6.45) is 13.1. The number of hydrogen-bond donors (Lipinski definition) is 1. The van der Waals surface area contributed by atoms with Crippen LogP contribution in [-0.4, -0.2) is 56.3 Å². The zero-order valence-electron chi connectivity index (χ0n) is 28.0. The normalized spacial score (nSPS) is 42.7. The predicted molar refractivity (Wildman–Crippen MR) is 175 cm³/mol. The van der Waals surface area contributed by atoms with Crippen molar-refractivity contribution in [3.63, 3.8) is 0 Å². The van der Waals surface area contributed by atoms with Crippen LogP contribution >= 0.6 is 0 Å². The van der Waals surface area contributed by atoms with Crippen molar-refractivity contribution in [2.75, 3.05) is 26.2 Å². The standard InChI is InChI=1S/C37H61NO3Si/c1-33(2,3)42(6,7)41-30-17-19-34(4)29(27-30)15-16-32-31(34)18-20-35(5)36(32,39)21-22-37(35,28-13-9-8-10-14-28)40-26-25-38-23-11-12-24-38/h8-10,13-14,29-32,39H,11-12,15-27H2,1-7H3/t29-,30+,31+,32-,34+,35+,36+,37+/m1/s1. The fourth-order valence-electron chi connectivity index (χ4n) is 10.7. The maximum atomic E-state index is 13.1. The Morgan fingerprint density at radius 1 is 0.905 bits per heavy atom. The highest BCUT2D eigenvalue weighted by molar-refractivity contribution is 6.74. The second kappa shape index (κ2) is 11.0. The van der Waals surface area contributed by atoms with E-state index in [0.717, 1.165) is 38.8 Å². The highest BCUT2D eigenvalue weighted by Crippen LogP contribution is 2.72. The lowest BCUT2D eigenvalue weighted by Gasteiger charge is -2.65. The number of rotatable bonds is 7. The van der Waals surface area contributed by atoms with Crippen molar-refractivity contribution in [1.82, 2.24) is 4.90 Å². The highest BCUT2D eigenvalue weighted by atomic mass is 28.4. The number of aliphatic hydroxyl groups is 1. The fraction of sp³-hybridized carbons (Fsp3) is 0.838. The molecule has 42 heavy (non-hydrogen) atoms. The molecular weight excluding hydrogens is 534 g/mol. The summed E-state index contributed by atoms with van der Waals surface area (Å²) in [5, 5.41) is 13.3. The largest absolute Gasteiger partial charge is 0.414 e. The average Bonchev–Trinajstić information content (AvgIpc) is 3.54. The second-order valence-corrected chi connectivity index (χ2v) is 21.9. The van der Waals surface area contributed by atoms with Crippen molar-refractivity contribution < 1.29 is 14.3 Å². The quantitative estimate of drug-likeness (QED) is 0.321. The summed E-state index contributed by atoms with van der Waals surface area (Å²) in [4.78, 5) is 2.56. The topological polar surface area (TPSA) is 41.9 Å². The van der Waals surface area contributed by atoms with E-state index in [4.69, 9.17) is 9.16 Å². The Morgan fingerprint density at radius 3 is 2.31 bits per heavy atom. The molecule has 0 spiro atoms. The molecule has 5 fully saturated rings. The summed E-state index contributed by atoms with van der Waals surface area (Å²) in [5.41, 5.74) is 0.218. The van der Waals surface area contributed by atoms with Gasteiger partial charge in [-0.25, -0.2) is 0 Å². The van der Waals surface area contributed by atoms with Crippen molar-refractivity contribution >= 4 is 8.32 Å². The van der Waals surface area contributed by atoms with Crippen LogP contribution in [0.3, 0.4) is 0 Å². The molecule has 1 aromatic carbocycles. The van der Waals surface area contributed by atoms with E-state index < -0.39 is 19.5 Å². The highest BCUT2D eigenvalue weighted by Gasteiger charge is 2.72. The van der Waals surface area contributed by atoms with Gasteiger partial charge < -0.3 is 19.2 Å². The minimum atomic E-state index is -1.77. The summed E-state index contributed by atoms with van der Waals surface area (Å²) < 4.78 is 14.2. The van der Waals surface area contributed by atoms with Crippen LogP contribution in [0.2, 0.25) is 18.1 Å². The van der Waals surface area contributed by atoms with E-state index in [1.165, 1.54) is 63.6 Å². The first kappa shape index (κ1) is 31.3. The zero-order valence-corrected chi connectivity index (χ0v) is 29.0. The Labute approximate surface area is 258 Å². The molecule has 0 amide bonds. The number of hydrogen-bond acceptors (Lipinski definition) is 4. The van der Waals surface area contributed by atoms with Gasteiger partial charge in [-0.15, -0.1) is 0 Å². The molecule has 0 radical (unpaired) electrons. The van der Waals surface area contributed by atoms with E-state index in [9.17, 15) is 5.11 Å². The van der Waals surface area contributed by atoms with E-state index in [1.807, 2.05) is 0 Å². The molecule has 1 aromatic rings. The third-order valence-electron chi connectivity index (χ3n) is 14.4. The Bertz CT molecular complexity index is 1100. The maximum absolute atomic E-state index is 13.1. The van der Waals surface area contributed by atoms with Gasteiger partial charge in [-0.3, -0.25) is 0 Å². The average molecular weight is 596 g/mol. The van der Waals surface area contributed by atoms with Crippen molar-refractivity contribution in [2.45, 2.75) is 141 Å². The second-order valence-electron chi connectivity index (χ2n) is 17.2. The number of benzene rings is 1. The maximum Gasteiger partial charge on any atom is 0.192 e. The lowest BCUT2D eigenvalue weighted by Crippen LogP contribution is -2.65. The zero-order chi connectivity index (χ0) is 30.0. The number of likely N-dealkylation sites (tertiary alicyclic amines) is 1. The molecule has 236 valence electrons. The van der Waals surface area contributed by atoms with Gasteiger partial charge in [-0.05, 0) is 131 Å². The summed E-state index contributed by atoms with van der Waals surface area (Å²) in [7, 11) is -1.77. The van der Waals surface area contributed by atoms with Crippen LogP contribution in [0.5, 0.6) is 0 Å². The molecule has 1 heterocycles. The van der Waals surface area contributed by atoms with Crippen molar-refractivity contribution in [2.24, 2.45) is 28.6 Å². The van der Waals surface area contributed by atoms with Gasteiger partial charge in [-0.1, -0.05) is 65.0 Å². The molecule has 0 unspecified atom stereocenters. The van der Waals surface area contributed by atoms with Crippen molar-refractivity contribution in [3.8, 4) is 0 Å². The van der Waals surface area contributed by atoms with Crippen LogP contribution in [0.25, 0.3) is 0 Å². The van der Waals surface area contributed by atoms with Crippen LogP contribution in [0.15, 0.2) is 30.3 Å². The van der Waals surface area contributed by atoms with Gasteiger partial charge >= 0.3 is 0 Å². The molecule has 4 saturated carbocycles. The van der Waals surface area contributed by atoms with Gasteiger partial charge in [0.1, 0.15) is 5.60 Å². The van der Waals surface area contributed by atoms with Gasteiger partial charge in [-0.2, -0.15) is 0 Å². The monoisotopic (exact) mass is 595 g/mol. The Morgan fingerprint density at radius 2 is 1.62 bits per heavy atom. The van der Waals surface area contributed by atoms with Gasteiger partial charge in [0, 0.05) is 18.1 Å². The Balaban J connectivity index is 1.24. The molecule has 1 aliphatic heterocycles. The van der Waals surface area contributed by atoms with E-state index >= 15 is 0 Å². The first-order chi connectivity index (χ1) is 19.8. The number of fused-ring (bicyclic) bond motifs is 5. The Kier molecular flexibility index (Phi) is 8.16. The minimum Gasteiger partial charge on any atom is -0.414 e. The van der Waals surface area contributed by atoms with E-state index in [1.54, 1.807) is 0 Å². The summed E-state index contributed by atoms with van der Waals surface area (Å²) in [6, 6.07) is 11.0. The van der Waals surface area contributed by atoms with Crippen LogP contribution in [0.1, 0.15) is 111 Å². The minimum absolute atomic E-state index is 0.257. The first-order valence-corrected chi connectivity index (χ1v) is 20.5. The van der Waals surface area contributed by atoms with Crippen LogP contribution in [-0.2, 0) is 14.8 Å². The first-order valence-electron chi connectivity index (χ1n) is 17.6. The van der Waals surface area contributed by atoms with Gasteiger partial charge in [0.15, 0.2) is 8.32 Å². The molecule has 4 nitrogen and oxygen atoms in total. The molecule has 1 N–H and O–H groups in total. The molecule has 6 rings (SSSR count). The third-order valence-corrected chi connectivity index (χ3v) is 18.9. The molecule has 1 saturated heterocycles. The smallest absolute Gasteiger partial charge is 0.192 e. The van der Waals surface area contributed by atoms with E-state index in [0.29, 0.717) is 29.3 Å².